The molecule has 0 aliphatic rings. The average molecular weight is 269 g/mol. The van der Waals surface area contributed by atoms with Crippen LogP contribution < -0.4 is 0 Å². The molecule has 1 aromatic heterocycles. The molecule has 0 atom stereocenters. The van der Waals surface area contributed by atoms with Gasteiger partial charge in [0, 0.05) is 11.6 Å². The van der Waals surface area contributed by atoms with E-state index in [9.17, 15) is 10.2 Å². The number of nitrogens with zero attached hydrogens (tertiary/aromatic N) is 1. The summed E-state index contributed by atoms with van der Waals surface area (Å²) in [7, 11) is 0. The highest BCUT2D eigenvalue weighted by Gasteiger charge is 2.08. The van der Waals surface area contributed by atoms with Crippen LogP contribution in [-0.4, -0.2) is 15.2 Å². The molecule has 0 radical (unpaired) electrons. The van der Waals surface area contributed by atoms with E-state index in [-0.39, 0.29) is 11.5 Å². The van der Waals surface area contributed by atoms with Gasteiger partial charge < -0.3 is 10.2 Å². The Kier molecular flexibility index (Phi) is 3.01. The van der Waals surface area contributed by atoms with E-state index in [2.05, 4.69) is 4.98 Å². The molecule has 1 heterocycles. The zero-order chi connectivity index (χ0) is 13.2. The number of phenolic OH excluding ortho intramolecular Hbond substituents is 2. The molecule has 0 fully saturated rings. The number of aromatic hydroxyl groups is 2. The van der Waals surface area contributed by atoms with Crippen LogP contribution in [0, 0.1) is 0 Å². The fourth-order valence-electron chi connectivity index (χ4n) is 1.86. The number of rotatable bonds is 2. The molecule has 2 N–H and O–H groups in total. The van der Waals surface area contributed by atoms with Gasteiger partial charge in [-0.15, -0.1) is 0 Å². The summed E-state index contributed by atoms with van der Waals surface area (Å²) >= 11 is 1.38. The minimum Gasteiger partial charge on any atom is -0.508 e. The molecular formula is C15H11NO2S. The maximum absolute atomic E-state index is 9.80. The molecule has 94 valence electrons. The Labute approximate surface area is 114 Å². The van der Waals surface area contributed by atoms with Crippen LogP contribution >= 0.6 is 11.8 Å². The lowest BCUT2D eigenvalue weighted by atomic mass is 10.2. The molecule has 3 aromatic rings. The van der Waals surface area contributed by atoms with Gasteiger partial charge in [-0.2, -0.15) is 0 Å². The van der Waals surface area contributed by atoms with E-state index in [1.165, 1.54) is 11.8 Å². The van der Waals surface area contributed by atoms with Crippen LogP contribution in [0.1, 0.15) is 0 Å². The van der Waals surface area contributed by atoms with Crippen LogP contribution in [0.25, 0.3) is 10.8 Å². The van der Waals surface area contributed by atoms with Crippen molar-refractivity contribution in [1.29, 1.82) is 0 Å². The van der Waals surface area contributed by atoms with Crippen molar-refractivity contribution < 1.29 is 10.2 Å². The molecule has 0 saturated carbocycles. The summed E-state index contributed by atoms with van der Waals surface area (Å²) in [5.74, 6) is 0.436. The molecule has 2 aromatic carbocycles. The fraction of sp³-hybridized carbons (Fsp3) is 0. The van der Waals surface area contributed by atoms with Crippen molar-refractivity contribution in [2.75, 3.05) is 0 Å². The van der Waals surface area contributed by atoms with Gasteiger partial charge in [-0.1, -0.05) is 30.0 Å². The molecule has 3 nitrogen and oxygen atoms in total. The first-order valence-electron chi connectivity index (χ1n) is 5.77. The molecule has 0 aliphatic carbocycles. The van der Waals surface area contributed by atoms with Crippen molar-refractivity contribution in [3.63, 3.8) is 0 Å². The number of aromatic nitrogens is 1. The third-order valence-corrected chi connectivity index (χ3v) is 3.87. The number of hydrogen-bond acceptors (Lipinski definition) is 4. The second-order valence-electron chi connectivity index (χ2n) is 4.09. The highest BCUT2D eigenvalue weighted by atomic mass is 32.2. The number of benzene rings is 2. The SMILES string of the molecule is Oc1ccc2ccnc(Sc3ccccc3O)c2c1. The van der Waals surface area contributed by atoms with Crippen LogP contribution in [0.3, 0.4) is 0 Å². The standard InChI is InChI=1S/C15H11NO2S/c17-11-6-5-10-7-8-16-15(12(10)9-11)19-14-4-2-1-3-13(14)18/h1-9,17-18H. The van der Waals surface area contributed by atoms with Crippen LogP contribution in [-0.2, 0) is 0 Å². The van der Waals surface area contributed by atoms with E-state index >= 15 is 0 Å². The molecule has 0 spiro atoms. The van der Waals surface area contributed by atoms with Gasteiger partial charge in [0.1, 0.15) is 16.5 Å². The molecule has 4 heteroatoms. The Balaban J connectivity index is 2.10. The van der Waals surface area contributed by atoms with Crippen LogP contribution in [0.4, 0.5) is 0 Å². The molecule has 0 amide bonds. The summed E-state index contributed by atoms with van der Waals surface area (Å²) in [6.07, 6.45) is 1.72. The lowest BCUT2D eigenvalue weighted by Crippen LogP contribution is -1.83. The average Bonchev–Trinajstić information content (AvgIpc) is 2.42. The first-order valence-corrected chi connectivity index (χ1v) is 6.59. The maximum atomic E-state index is 9.80. The second-order valence-corrected chi connectivity index (χ2v) is 5.12. The van der Waals surface area contributed by atoms with Gasteiger partial charge in [0.05, 0.1) is 4.90 Å². The normalized spacial score (nSPS) is 10.7. The first-order chi connectivity index (χ1) is 9.24. The molecule has 3 rings (SSSR count). The van der Waals surface area contributed by atoms with Gasteiger partial charge in [0.25, 0.3) is 0 Å². The Morgan fingerprint density at radius 3 is 2.63 bits per heavy atom. The summed E-state index contributed by atoms with van der Waals surface area (Å²) in [6.45, 7) is 0. The minimum atomic E-state index is 0.208. The largest absolute Gasteiger partial charge is 0.508 e. The van der Waals surface area contributed by atoms with Gasteiger partial charge in [-0.3, -0.25) is 0 Å². The van der Waals surface area contributed by atoms with Gasteiger partial charge >= 0.3 is 0 Å². The number of para-hydroxylation sites is 1. The molecule has 0 saturated heterocycles. The van der Waals surface area contributed by atoms with Crippen LogP contribution in [0.15, 0.2) is 64.6 Å². The number of pyridine rings is 1. The lowest BCUT2D eigenvalue weighted by Gasteiger charge is -2.07. The van der Waals surface area contributed by atoms with Crippen LogP contribution in [0.5, 0.6) is 11.5 Å². The Hall–Kier alpha value is -2.20. The fourth-order valence-corrected chi connectivity index (χ4v) is 2.79. The van der Waals surface area contributed by atoms with Gasteiger partial charge in [-0.25, -0.2) is 4.98 Å². The lowest BCUT2D eigenvalue weighted by molar-refractivity contribution is 0.462. The zero-order valence-corrected chi connectivity index (χ0v) is 10.8. The highest BCUT2D eigenvalue weighted by molar-refractivity contribution is 7.99. The Morgan fingerprint density at radius 1 is 0.947 bits per heavy atom. The third-order valence-electron chi connectivity index (χ3n) is 2.79. The molecule has 0 bridgehead atoms. The minimum absolute atomic E-state index is 0.208. The predicted octanol–water partition coefficient (Wildman–Crippen LogP) is 3.80. The van der Waals surface area contributed by atoms with Gasteiger partial charge in [0.2, 0.25) is 0 Å². The quantitative estimate of drug-likeness (QED) is 0.743. The first kappa shape index (κ1) is 11.9. The third kappa shape index (κ3) is 2.35. The van der Waals surface area contributed by atoms with Crippen molar-refractivity contribution in [2.45, 2.75) is 9.92 Å². The number of phenols is 2. The number of fused-ring (bicyclic) bond motifs is 1. The van der Waals surface area contributed by atoms with Gasteiger partial charge in [0.15, 0.2) is 0 Å². The molecule has 0 unspecified atom stereocenters. The predicted molar refractivity (Wildman–Crippen MR) is 75.6 cm³/mol. The topological polar surface area (TPSA) is 53.4 Å². The van der Waals surface area contributed by atoms with Crippen molar-refractivity contribution in [2.24, 2.45) is 0 Å². The van der Waals surface area contributed by atoms with Crippen molar-refractivity contribution in [3.8, 4) is 11.5 Å². The highest BCUT2D eigenvalue weighted by Crippen LogP contribution is 2.37. The van der Waals surface area contributed by atoms with E-state index in [4.69, 9.17) is 0 Å². The maximum Gasteiger partial charge on any atom is 0.129 e. The Morgan fingerprint density at radius 2 is 1.79 bits per heavy atom. The summed E-state index contributed by atoms with van der Waals surface area (Å²) in [5.41, 5.74) is 0. The molecule has 0 aliphatic heterocycles. The molecule has 19 heavy (non-hydrogen) atoms. The van der Waals surface area contributed by atoms with Crippen molar-refractivity contribution in [3.05, 3.63) is 54.7 Å². The van der Waals surface area contributed by atoms with E-state index < -0.39 is 0 Å². The summed E-state index contributed by atoms with van der Waals surface area (Å²) < 4.78 is 0. The smallest absolute Gasteiger partial charge is 0.129 e. The molecular weight excluding hydrogens is 258 g/mol. The second kappa shape index (κ2) is 4.82. The van der Waals surface area contributed by atoms with Crippen LogP contribution in [0.2, 0.25) is 0 Å². The van der Waals surface area contributed by atoms with E-state index in [1.807, 2.05) is 24.3 Å². The summed E-state index contributed by atoms with van der Waals surface area (Å²) in [5, 5.41) is 22.0. The van der Waals surface area contributed by atoms with Crippen molar-refractivity contribution >= 4 is 22.5 Å². The Bertz CT molecular complexity index is 743. The monoisotopic (exact) mass is 269 g/mol. The van der Waals surface area contributed by atoms with Gasteiger partial charge in [-0.05, 0) is 35.7 Å². The zero-order valence-electron chi connectivity index (χ0n) is 9.95. The van der Waals surface area contributed by atoms with Crippen molar-refractivity contribution in [1.82, 2.24) is 4.98 Å². The van der Waals surface area contributed by atoms with E-state index in [1.54, 1.807) is 30.5 Å². The summed E-state index contributed by atoms with van der Waals surface area (Å²) in [4.78, 5) is 5.07. The summed E-state index contributed by atoms with van der Waals surface area (Å²) in [6, 6.07) is 14.2. The number of hydrogen-bond donors (Lipinski definition) is 2. The van der Waals surface area contributed by atoms with E-state index in [0.717, 1.165) is 20.7 Å². The van der Waals surface area contributed by atoms with E-state index in [0.29, 0.717) is 0 Å².